The van der Waals surface area contributed by atoms with E-state index < -0.39 is 0 Å². The SMILES string of the molecule is C[C@H](c1nc2ccccc2s1)N(C)C(=O)CSc1nnc(-c2cccc(Br)c2)o1. The summed E-state index contributed by atoms with van der Waals surface area (Å²) in [6, 6.07) is 15.5. The van der Waals surface area contributed by atoms with Gasteiger partial charge in [0.25, 0.3) is 5.22 Å². The number of hydrogen-bond donors (Lipinski definition) is 0. The Kier molecular flexibility index (Phi) is 5.98. The summed E-state index contributed by atoms with van der Waals surface area (Å²) in [5.41, 5.74) is 1.78. The first-order chi connectivity index (χ1) is 14.0. The molecule has 6 nitrogen and oxygen atoms in total. The number of hydrogen-bond acceptors (Lipinski definition) is 7. The highest BCUT2D eigenvalue weighted by Gasteiger charge is 2.21. The maximum absolute atomic E-state index is 12.7. The molecular formula is C20H17BrN4O2S2. The van der Waals surface area contributed by atoms with Gasteiger partial charge in [-0.15, -0.1) is 21.5 Å². The van der Waals surface area contributed by atoms with Gasteiger partial charge < -0.3 is 9.32 Å². The standard InChI is InChI=1S/C20H17BrN4O2S2/c1-12(19-22-15-8-3-4-9-16(15)29-19)25(2)17(26)11-28-20-24-23-18(27-20)13-6-5-7-14(21)10-13/h3-10,12H,11H2,1-2H3/t12-/m1/s1. The third kappa shape index (κ3) is 4.52. The number of benzene rings is 2. The van der Waals surface area contributed by atoms with Crippen LogP contribution >= 0.6 is 39.0 Å². The smallest absolute Gasteiger partial charge is 0.277 e. The summed E-state index contributed by atoms with van der Waals surface area (Å²) in [6.45, 7) is 1.98. The molecule has 2 heterocycles. The van der Waals surface area contributed by atoms with E-state index >= 15 is 0 Å². The van der Waals surface area contributed by atoms with E-state index in [1.54, 1.807) is 23.3 Å². The third-order valence-electron chi connectivity index (χ3n) is 4.44. The predicted octanol–water partition coefficient (Wildman–Crippen LogP) is 5.42. The number of para-hydroxylation sites is 1. The molecule has 0 saturated carbocycles. The van der Waals surface area contributed by atoms with Crippen LogP contribution in [0.15, 0.2) is 62.6 Å². The Balaban J connectivity index is 1.39. The number of nitrogens with zero attached hydrogens (tertiary/aromatic N) is 4. The van der Waals surface area contributed by atoms with Gasteiger partial charge in [0.05, 0.1) is 22.0 Å². The minimum absolute atomic E-state index is 0.0241. The van der Waals surface area contributed by atoms with Gasteiger partial charge in [0.15, 0.2) is 0 Å². The maximum atomic E-state index is 12.7. The molecule has 29 heavy (non-hydrogen) atoms. The lowest BCUT2D eigenvalue weighted by Crippen LogP contribution is -2.31. The van der Waals surface area contributed by atoms with Crippen molar-refractivity contribution in [1.29, 1.82) is 0 Å². The summed E-state index contributed by atoms with van der Waals surface area (Å²) in [7, 11) is 1.79. The minimum atomic E-state index is -0.111. The number of thioether (sulfide) groups is 1. The van der Waals surface area contributed by atoms with Crippen molar-refractivity contribution in [2.45, 2.75) is 18.2 Å². The fourth-order valence-electron chi connectivity index (χ4n) is 2.68. The Morgan fingerprint density at radius 2 is 2.07 bits per heavy atom. The number of fused-ring (bicyclic) bond motifs is 1. The van der Waals surface area contributed by atoms with Crippen LogP contribution in [0.3, 0.4) is 0 Å². The fourth-order valence-corrected chi connectivity index (χ4v) is 4.83. The second kappa shape index (κ2) is 8.64. The van der Waals surface area contributed by atoms with Crippen molar-refractivity contribution in [3.63, 3.8) is 0 Å². The van der Waals surface area contributed by atoms with Gasteiger partial charge >= 0.3 is 0 Å². The summed E-state index contributed by atoms with van der Waals surface area (Å²) in [6.07, 6.45) is 0. The normalized spacial score (nSPS) is 12.2. The molecular weight excluding hydrogens is 472 g/mol. The van der Waals surface area contributed by atoms with Crippen molar-refractivity contribution < 1.29 is 9.21 Å². The summed E-state index contributed by atoms with van der Waals surface area (Å²) < 4.78 is 7.73. The van der Waals surface area contributed by atoms with Crippen molar-refractivity contribution in [2.75, 3.05) is 12.8 Å². The molecule has 0 N–H and O–H groups in total. The number of amides is 1. The van der Waals surface area contributed by atoms with Gasteiger partial charge in [0, 0.05) is 17.1 Å². The van der Waals surface area contributed by atoms with Crippen LogP contribution in [0, 0.1) is 0 Å². The molecule has 0 aliphatic carbocycles. The molecule has 2 aromatic heterocycles. The molecule has 9 heteroatoms. The van der Waals surface area contributed by atoms with Gasteiger partial charge in [-0.2, -0.15) is 0 Å². The molecule has 0 spiro atoms. The van der Waals surface area contributed by atoms with E-state index in [9.17, 15) is 4.79 Å². The van der Waals surface area contributed by atoms with Crippen LogP contribution in [0.5, 0.6) is 0 Å². The van der Waals surface area contributed by atoms with Crippen LogP contribution in [0.4, 0.5) is 0 Å². The summed E-state index contributed by atoms with van der Waals surface area (Å²) >= 11 is 6.27. The van der Waals surface area contributed by atoms with E-state index in [2.05, 4.69) is 31.1 Å². The number of carbonyl (C=O) groups excluding carboxylic acids is 1. The summed E-state index contributed by atoms with van der Waals surface area (Å²) in [5.74, 6) is 0.618. The van der Waals surface area contributed by atoms with E-state index in [1.165, 1.54) is 11.8 Å². The van der Waals surface area contributed by atoms with Crippen LogP contribution in [0.25, 0.3) is 21.7 Å². The lowest BCUT2D eigenvalue weighted by Gasteiger charge is -2.22. The fraction of sp³-hybridized carbons (Fsp3) is 0.200. The van der Waals surface area contributed by atoms with E-state index in [4.69, 9.17) is 4.42 Å². The number of aromatic nitrogens is 3. The minimum Gasteiger partial charge on any atom is -0.411 e. The largest absolute Gasteiger partial charge is 0.411 e. The number of thiazole rings is 1. The lowest BCUT2D eigenvalue weighted by molar-refractivity contribution is -0.128. The number of rotatable bonds is 6. The van der Waals surface area contributed by atoms with Crippen molar-refractivity contribution in [1.82, 2.24) is 20.1 Å². The highest BCUT2D eigenvalue weighted by Crippen LogP contribution is 2.30. The zero-order chi connectivity index (χ0) is 20.4. The molecule has 0 radical (unpaired) electrons. The van der Waals surface area contributed by atoms with Crippen molar-refractivity contribution in [3.8, 4) is 11.5 Å². The molecule has 0 aliphatic heterocycles. The molecule has 1 amide bonds. The Bertz CT molecular complexity index is 1130. The summed E-state index contributed by atoms with van der Waals surface area (Å²) in [4.78, 5) is 19.0. The molecule has 0 bridgehead atoms. The summed E-state index contributed by atoms with van der Waals surface area (Å²) in [5, 5.41) is 9.39. The van der Waals surface area contributed by atoms with Gasteiger partial charge in [-0.3, -0.25) is 4.79 Å². The van der Waals surface area contributed by atoms with Crippen LogP contribution in [-0.2, 0) is 4.79 Å². The molecule has 4 rings (SSSR count). The second-order valence-electron chi connectivity index (χ2n) is 6.37. The molecule has 0 fully saturated rings. The number of halogens is 1. The van der Waals surface area contributed by atoms with Crippen LogP contribution < -0.4 is 0 Å². The van der Waals surface area contributed by atoms with E-state index in [0.717, 1.165) is 25.3 Å². The van der Waals surface area contributed by atoms with Crippen molar-refractivity contribution in [2.24, 2.45) is 0 Å². The average molecular weight is 489 g/mol. The second-order valence-corrected chi connectivity index (χ2v) is 9.28. The Hall–Kier alpha value is -2.23. The zero-order valence-electron chi connectivity index (χ0n) is 15.7. The Labute approximate surface area is 184 Å². The first-order valence-electron chi connectivity index (χ1n) is 8.84. The van der Waals surface area contributed by atoms with Gasteiger partial charge in [-0.05, 0) is 37.3 Å². The van der Waals surface area contributed by atoms with Crippen molar-refractivity contribution in [3.05, 3.63) is 58.0 Å². The van der Waals surface area contributed by atoms with Gasteiger partial charge in [0.2, 0.25) is 11.8 Å². The van der Waals surface area contributed by atoms with E-state index in [1.807, 2.05) is 55.5 Å². The number of carbonyl (C=O) groups is 1. The first-order valence-corrected chi connectivity index (χ1v) is 11.4. The van der Waals surface area contributed by atoms with Gasteiger partial charge in [0.1, 0.15) is 5.01 Å². The quantitative estimate of drug-likeness (QED) is 0.337. The Morgan fingerprint density at radius 1 is 1.24 bits per heavy atom. The lowest BCUT2D eigenvalue weighted by atomic mass is 10.2. The van der Waals surface area contributed by atoms with E-state index in [-0.39, 0.29) is 17.7 Å². The molecule has 0 aliphatic rings. The first kappa shape index (κ1) is 20.1. The van der Waals surface area contributed by atoms with Crippen LogP contribution in [0.2, 0.25) is 0 Å². The molecule has 148 valence electrons. The van der Waals surface area contributed by atoms with Crippen LogP contribution in [0.1, 0.15) is 18.0 Å². The molecule has 0 saturated heterocycles. The molecule has 0 unspecified atom stereocenters. The molecule has 2 aromatic carbocycles. The Morgan fingerprint density at radius 3 is 2.86 bits per heavy atom. The van der Waals surface area contributed by atoms with Crippen molar-refractivity contribution >= 4 is 55.2 Å². The molecule has 4 aromatic rings. The monoisotopic (exact) mass is 488 g/mol. The average Bonchev–Trinajstić information content (AvgIpc) is 3.38. The topological polar surface area (TPSA) is 72.1 Å². The zero-order valence-corrected chi connectivity index (χ0v) is 18.9. The van der Waals surface area contributed by atoms with Gasteiger partial charge in [-0.1, -0.05) is 45.9 Å². The van der Waals surface area contributed by atoms with Crippen LogP contribution in [-0.4, -0.2) is 38.8 Å². The predicted molar refractivity (Wildman–Crippen MR) is 119 cm³/mol. The highest BCUT2D eigenvalue weighted by molar-refractivity contribution is 9.10. The molecule has 1 atom stereocenters. The van der Waals surface area contributed by atoms with Gasteiger partial charge in [-0.25, -0.2) is 4.98 Å². The van der Waals surface area contributed by atoms with E-state index in [0.29, 0.717) is 11.1 Å². The highest BCUT2D eigenvalue weighted by atomic mass is 79.9. The third-order valence-corrected chi connectivity index (χ3v) is 6.94. The maximum Gasteiger partial charge on any atom is 0.277 e.